The zero-order valence-electron chi connectivity index (χ0n) is 9.49. The summed E-state index contributed by atoms with van der Waals surface area (Å²) in [6, 6.07) is 4.28. The van der Waals surface area contributed by atoms with Gasteiger partial charge in [-0.3, -0.25) is 0 Å². The van der Waals surface area contributed by atoms with Crippen LogP contribution in [-0.2, 0) is 12.8 Å². The lowest BCUT2D eigenvalue weighted by molar-refractivity contribution is 0.149. The molecule has 0 aromatic heterocycles. The molecule has 0 radical (unpaired) electrons. The van der Waals surface area contributed by atoms with Crippen molar-refractivity contribution in [3.8, 4) is 5.75 Å². The summed E-state index contributed by atoms with van der Waals surface area (Å²) >= 11 is 5.40. The van der Waals surface area contributed by atoms with Crippen LogP contribution in [0.4, 0.5) is 0 Å². The summed E-state index contributed by atoms with van der Waals surface area (Å²) in [5, 5.41) is 9.89. The van der Waals surface area contributed by atoms with Crippen molar-refractivity contribution < 1.29 is 9.84 Å². The van der Waals surface area contributed by atoms with Crippen LogP contribution in [0.2, 0.25) is 0 Å². The first-order valence-electron chi connectivity index (χ1n) is 5.94. The third-order valence-corrected chi connectivity index (χ3v) is 5.17. The number of aliphatic hydroxyl groups excluding tert-OH is 1. The highest BCUT2D eigenvalue weighted by atomic mass is 79.9. The Hall–Kier alpha value is -0.190. The minimum absolute atomic E-state index is 0.156. The van der Waals surface area contributed by atoms with Crippen molar-refractivity contribution in [1.82, 2.24) is 0 Å². The standard InChI is InChI=1S/C13H15BrO2S/c14-11-4-8-1-2-16-13(8)9(5-11)3-10-6-17-7-12(10)15/h4-5,10,12,15H,1-3,6-7H2. The Morgan fingerprint density at radius 2 is 2.29 bits per heavy atom. The van der Waals surface area contributed by atoms with E-state index in [-0.39, 0.29) is 6.10 Å². The van der Waals surface area contributed by atoms with Crippen LogP contribution in [0.25, 0.3) is 0 Å². The topological polar surface area (TPSA) is 29.5 Å². The van der Waals surface area contributed by atoms with Crippen LogP contribution >= 0.6 is 27.7 Å². The number of hydrogen-bond donors (Lipinski definition) is 1. The molecule has 2 aliphatic rings. The van der Waals surface area contributed by atoms with E-state index in [0.29, 0.717) is 5.92 Å². The molecule has 0 amide bonds. The fraction of sp³-hybridized carbons (Fsp3) is 0.538. The Labute approximate surface area is 114 Å². The monoisotopic (exact) mass is 314 g/mol. The van der Waals surface area contributed by atoms with Crippen molar-refractivity contribution in [2.45, 2.75) is 18.9 Å². The fourth-order valence-electron chi connectivity index (χ4n) is 2.56. The second-order valence-corrected chi connectivity index (χ2v) is 6.71. The SMILES string of the molecule is OC1CSCC1Cc1cc(Br)cc2c1OCC2. The molecule has 1 aromatic carbocycles. The molecule has 4 heteroatoms. The van der Waals surface area contributed by atoms with Gasteiger partial charge in [0, 0.05) is 16.6 Å². The molecule has 2 unspecified atom stereocenters. The van der Waals surface area contributed by atoms with Gasteiger partial charge in [0.25, 0.3) is 0 Å². The van der Waals surface area contributed by atoms with Crippen molar-refractivity contribution in [2.75, 3.05) is 18.1 Å². The molecule has 17 heavy (non-hydrogen) atoms. The van der Waals surface area contributed by atoms with Crippen LogP contribution in [0.5, 0.6) is 5.75 Å². The predicted molar refractivity (Wildman–Crippen MR) is 73.9 cm³/mol. The summed E-state index contributed by atoms with van der Waals surface area (Å²) in [6.45, 7) is 0.792. The second kappa shape index (κ2) is 4.82. The maximum atomic E-state index is 9.89. The van der Waals surface area contributed by atoms with Gasteiger partial charge in [0.1, 0.15) is 5.75 Å². The number of rotatable bonds is 2. The smallest absolute Gasteiger partial charge is 0.125 e. The lowest BCUT2D eigenvalue weighted by Crippen LogP contribution is -2.20. The van der Waals surface area contributed by atoms with Gasteiger partial charge in [-0.15, -0.1) is 0 Å². The first-order valence-corrected chi connectivity index (χ1v) is 7.88. The van der Waals surface area contributed by atoms with E-state index in [1.807, 2.05) is 11.8 Å². The molecule has 0 bridgehead atoms. The summed E-state index contributed by atoms with van der Waals surface area (Å²) in [4.78, 5) is 0. The van der Waals surface area contributed by atoms with Gasteiger partial charge in [0.2, 0.25) is 0 Å². The minimum Gasteiger partial charge on any atom is -0.493 e. The van der Waals surface area contributed by atoms with Gasteiger partial charge >= 0.3 is 0 Å². The molecular formula is C13H15BrO2S. The molecule has 1 fully saturated rings. The lowest BCUT2D eigenvalue weighted by Gasteiger charge is -2.16. The summed E-state index contributed by atoms with van der Waals surface area (Å²) in [7, 11) is 0. The van der Waals surface area contributed by atoms with Crippen molar-refractivity contribution in [2.24, 2.45) is 5.92 Å². The van der Waals surface area contributed by atoms with Gasteiger partial charge in [-0.25, -0.2) is 0 Å². The summed E-state index contributed by atoms with van der Waals surface area (Å²) in [5.74, 6) is 3.38. The van der Waals surface area contributed by atoms with Gasteiger partial charge in [0.05, 0.1) is 12.7 Å². The fourth-order valence-corrected chi connectivity index (χ4v) is 4.41. The van der Waals surface area contributed by atoms with Crippen LogP contribution in [0, 0.1) is 5.92 Å². The van der Waals surface area contributed by atoms with Gasteiger partial charge in [-0.2, -0.15) is 11.8 Å². The average molecular weight is 315 g/mol. The van der Waals surface area contributed by atoms with Crippen LogP contribution < -0.4 is 4.74 Å². The van der Waals surface area contributed by atoms with E-state index in [1.54, 1.807) is 0 Å². The van der Waals surface area contributed by atoms with Gasteiger partial charge < -0.3 is 9.84 Å². The maximum absolute atomic E-state index is 9.89. The van der Waals surface area contributed by atoms with Gasteiger partial charge in [0.15, 0.2) is 0 Å². The normalized spacial score (nSPS) is 26.9. The third kappa shape index (κ3) is 2.35. The van der Waals surface area contributed by atoms with Crippen LogP contribution in [0.15, 0.2) is 16.6 Å². The number of thioether (sulfide) groups is 1. The van der Waals surface area contributed by atoms with Crippen LogP contribution in [0.1, 0.15) is 11.1 Å². The van der Waals surface area contributed by atoms with Crippen molar-refractivity contribution in [3.05, 3.63) is 27.7 Å². The number of aliphatic hydroxyl groups is 1. The highest BCUT2D eigenvalue weighted by Crippen LogP contribution is 2.36. The highest BCUT2D eigenvalue weighted by Gasteiger charge is 2.28. The molecule has 3 rings (SSSR count). The van der Waals surface area contributed by atoms with Crippen LogP contribution in [-0.4, -0.2) is 29.3 Å². The number of hydrogen-bond acceptors (Lipinski definition) is 3. The molecular weight excluding hydrogens is 300 g/mol. The van der Waals surface area contributed by atoms with Gasteiger partial charge in [-0.05, 0) is 41.4 Å². The lowest BCUT2D eigenvalue weighted by atomic mass is 9.95. The quantitative estimate of drug-likeness (QED) is 0.910. The first kappa shape index (κ1) is 11.9. The predicted octanol–water partition coefficient (Wildman–Crippen LogP) is 2.65. The molecule has 0 spiro atoms. The Bertz CT molecular complexity index is 436. The van der Waals surface area contributed by atoms with E-state index < -0.39 is 0 Å². The van der Waals surface area contributed by atoms with E-state index in [0.717, 1.165) is 41.2 Å². The van der Waals surface area contributed by atoms with E-state index >= 15 is 0 Å². The number of fused-ring (bicyclic) bond motifs is 1. The van der Waals surface area contributed by atoms with Crippen molar-refractivity contribution in [3.63, 3.8) is 0 Å². The summed E-state index contributed by atoms with van der Waals surface area (Å²) < 4.78 is 6.84. The minimum atomic E-state index is -0.156. The van der Waals surface area contributed by atoms with E-state index in [4.69, 9.17) is 4.74 Å². The third-order valence-electron chi connectivity index (χ3n) is 3.47. The molecule has 1 aromatic rings. The Morgan fingerprint density at radius 1 is 1.41 bits per heavy atom. The van der Waals surface area contributed by atoms with Gasteiger partial charge in [-0.1, -0.05) is 15.9 Å². The zero-order valence-corrected chi connectivity index (χ0v) is 11.9. The number of benzene rings is 1. The maximum Gasteiger partial charge on any atom is 0.125 e. The molecule has 2 heterocycles. The van der Waals surface area contributed by atoms with E-state index in [2.05, 4.69) is 28.1 Å². The average Bonchev–Trinajstić information content (AvgIpc) is 2.88. The van der Waals surface area contributed by atoms with Crippen molar-refractivity contribution in [1.29, 1.82) is 0 Å². The highest BCUT2D eigenvalue weighted by molar-refractivity contribution is 9.10. The Morgan fingerprint density at radius 3 is 3.06 bits per heavy atom. The van der Waals surface area contributed by atoms with Crippen LogP contribution in [0.3, 0.4) is 0 Å². The first-order chi connectivity index (χ1) is 8.24. The zero-order chi connectivity index (χ0) is 11.8. The Kier molecular flexibility index (Phi) is 3.37. The molecule has 1 N–H and O–H groups in total. The molecule has 2 atom stereocenters. The largest absolute Gasteiger partial charge is 0.493 e. The van der Waals surface area contributed by atoms with E-state index in [9.17, 15) is 5.11 Å². The van der Waals surface area contributed by atoms with E-state index in [1.165, 1.54) is 11.1 Å². The summed E-state index contributed by atoms with van der Waals surface area (Å²) in [6.07, 6.45) is 1.77. The molecule has 0 saturated carbocycles. The second-order valence-electron chi connectivity index (χ2n) is 4.72. The number of ether oxygens (including phenoxy) is 1. The molecule has 1 saturated heterocycles. The number of halogens is 1. The molecule has 92 valence electrons. The van der Waals surface area contributed by atoms with Crippen molar-refractivity contribution >= 4 is 27.7 Å². The molecule has 0 aliphatic carbocycles. The Balaban J connectivity index is 1.87. The molecule has 2 aliphatic heterocycles. The molecule has 2 nitrogen and oxygen atoms in total. The summed E-state index contributed by atoms with van der Waals surface area (Å²) in [5.41, 5.74) is 2.55.